The SMILES string of the molecule is CCc1cc(CC)cc(N2C(N)=C(c3nc4ccccc4[nH]3)C(O)C2(C)C)c1. The van der Waals surface area contributed by atoms with Gasteiger partial charge in [0.25, 0.3) is 0 Å². The third-order valence-corrected chi connectivity index (χ3v) is 5.79. The predicted molar refractivity (Wildman–Crippen MR) is 115 cm³/mol. The predicted octanol–water partition coefficient (Wildman–Crippen LogP) is 3.97. The van der Waals surface area contributed by atoms with Crippen LogP contribution < -0.4 is 10.6 Å². The maximum absolute atomic E-state index is 11.2. The Balaban J connectivity index is 1.88. The number of hydrogen-bond acceptors (Lipinski definition) is 4. The van der Waals surface area contributed by atoms with Gasteiger partial charge < -0.3 is 20.7 Å². The molecule has 0 amide bonds. The molecule has 1 unspecified atom stereocenters. The molecule has 2 heterocycles. The molecule has 3 aromatic rings. The highest BCUT2D eigenvalue weighted by atomic mass is 16.3. The Kier molecular flexibility index (Phi) is 4.42. The molecule has 0 bridgehead atoms. The number of imidazole rings is 1. The maximum Gasteiger partial charge on any atom is 0.140 e. The fraction of sp³-hybridized carbons (Fsp3) is 0.348. The normalized spacial score (nSPS) is 19.0. The van der Waals surface area contributed by atoms with Crippen LogP contribution in [0.4, 0.5) is 5.69 Å². The molecule has 28 heavy (non-hydrogen) atoms. The quantitative estimate of drug-likeness (QED) is 0.644. The van der Waals surface area contributed by atoms with Crippen molar-refractivity contribution in [2.45, 2.75) is 52.2 Å². The number of fused-ring (bicyclic) bond motifs is 1. The summed E-state index contributed by atoms with van der Waals surface area (Å²) in [7, 11) is 0. The molecule has 1 aliphatic heterocycles. The number of aliphatic hydroxyl groups excluding tert-OH is 1. The van der Waals surface area contributed by atoms with E-state index < -0.39 is 11.6 Å². The van der Waals surface area contributed by atoms with Crippen molar-refractivity contribution < 1.29 is 5.11 Å². The Morgan fingerprint density at radius 2 is 1.75 bits per heavy atom. The van der Waals surface area contributed by atoms with E-state index in [1.54, 1.807) is 0 Å². The van der Waals surface area contributed by atoms with Gasteiger partial charge >= 0.3 is 0 Å². The Bertz CT molecular complexity index is 1010. The molecular weight excluding hydrogens is 348 g/mol. The summed E-state index contributed by atoms with van der Waals surface area (Å²) < 4.78 is 0. The lowest BCUT2D eigenvalue weighted by atomic mass is 9.93. The number of para-hydroxylation sites is 2. The molecule has 146 valence electrons. The van der Waals surface area contributed by atoms with E-state index in [0.717, 1.165) is 29.6 Å². The van der Waals surface area contributed by atoms with Crippen LogP contribution in [0.5, 0.6) is 0 Å². The maximum atomic E-state index is 11.2. The van der Waals surface area contributed by atoms with Crippen LogP contribution in [-0.4, -0.2) is 26.7 Å². The zero-order valence-electron chi connectivity index (χ0n) is 17.0. The summed E-state index contributed by atoms with van der Waals surface area (Å²) in [5, 5.41) is 11.2. The molecule has 0 saturated heterocycles. The molecule has 0 radical (unpaired) electrons. The lowest BCUT2D eigenvalue weighted by Crippen LogP contribution is -2.47. The van der Waals surface area contributed by atoms with Gasteiger partial charge in [-0.05, 0) is 62.1 Å². The number of aryl methyl sites for hydroxylation is 2. The molecular formula is C23H28N4O. The number of H-pyrrole nitrogens is 1. The fourth-order valence-electron chi connectivity index (χ4n) is 4.13. The second-order valence-electron chi connectivity index (χ2n) is 8.01. The average Bonchev–Trinajstić information content (AvgIpc) is 3.17. The van der Waals surface area contributed by atoms with Crippen molar-refractivity contribution in [3.63, 3.8) is 0 Å². The first-order valence-electron chi connectivity index (χ1n) is 9.92. The number of anilines is 1. The topological polar surface area (TPSA) is 78.2 Å². The Hall–Kier alpha value is -2.79. The second kappa shape index (κ2) is 6.67. The molecule has 0 spiro atoms. The molecule has 0 saturated carbocycles. The Labute approximate surface area is 165 Å². The van der Waals surface area contributed by atoms with E-state index in [-0.39, 0.29) is 0 Å². The zero-order valence-corrected chi connectivity index (χ0v) is 17.0. The molecule has 4 rings (SSSR count). The molecule has 5 heteroatoms. The summed E-state index contributed by atoms with van der Waals surface area (Å²) >= 11 is 0. The highest BCUT2D eigenvalue weighted by Crippen LogP contribution is 2.43. The van der Waals surface area contributed by atoms with E-state index in [4.69, 9.17) is 5.73 Å². The number of nitrogens with two attached hydrogens (primary N) is 1. The molecule has 5 nitrogen and oxygen atoms in total. The molecule has 1 atom stereocenters. The van der Waals surface area contributed by atoms with Crippen molar-refractivity contribution >= 4 is 22.3 Å². The smallest absolute Gasteiger partial charge is 0.140 e. The van der Waals surface area contributed by atoms with Crippen LogP contribution in [0.3, 0.4) is 0 Å². The van der Waals surface area contributed by atoms with Gasteiger partial charge in [-0.2, -0.15) is 0 Å². The van der Waals surface area contributed by atoms with E-state index in [2.05, 4.69) is 46.9 Å². The lowest BCUT2D eigenvalue weighted by Gasteiger charge is -2.37. The minimum Gasteiger partial charge on any atom is -0.386 e. The highest BCUT2D eigenvalue weighted by Gasteiger charge is 2.47. The number of aromatic nitrogens is 2. The van der Waals surface area contributed by atoms with Crippen molar-refractivity contribution in [1.29, 1.82) is 0 Å². The van der Waals surface area contributed by atoms with Crippen molar-refractivity contribution in [1.82, 2.24) is 9.97 Å². The van der Waals surface area contributed by atoms with Crippen molar-refractivity contribution in [2.75, 3.05) is 4.90 Å². The first-order valence-corrected chi connectivity index (χ1v) is 9.92. The number of aromatic amines is 1. The van der Waals surface area contributed by atoms with Crippen LogP contribution in [0.15, 0.2) is 48.3 Å². The zero-order chi connectivity index (χ0) is 20.1. The molecule has 1 aliphatic rings. The fourth-order valence-corrected chi connectivity index (χ4v) is 4.13. The third kappa shape index (κ3) is 2.78. The number of nitrogens with one attached hydrogen (secondary N) is 1. The van der Waals surface area contributed by atoms with Crippen LogP contribution in [0.2, 0.25) is 0 Å². The number of benzene rings is 2. The van der Waals surface area contributed by atoms with Crippen LogP contribution in [0.25, 0.3) is 16.6 Å². The van der Waals surface area contributed by atoms with E-state index >= 15 is 0 Å². The van der Waals surface area contributed by atoms with E-state index in [1.807, 2.05) is 38.1 Å². The van der Waals surface area contributed by atoms with E-state index in [1.165, 1.54) is 11.1 Å². The number of aliphatic hydroxyl groups is 1. The minimum absolute atomic E-state index is 0.548. The summed E-state index contributed by atoms with van der Waals surface area (Å²) in [5.41, 5.74) is 12.1. The Morgan fingerprint density at radius 1 is 1.11 bits per heavy atom. The largest absolute Gasteiger partial charge is 0.386 e. The summed E-state index contributed by atoms with van der Waals surface area (Å²) in [6.07, 6.45) is 1.15. The van der Waals surface area contributed by atoms with Crippen LogP contribution in [-0.2, 0) is 12.8 Å². The van der Waals surface area contributed by atoms with Gasteiger partial charge in [-0.1, -0.05) is 32.0 Å². The van der Waals surface area contributed by atoms with Gasteiger partial charge in [0.05, 0.1) is 22.1 Å². The number of hydrogen-bond donors (Lipinski definition) is 3. The standard InChI is InChI=1S/C23H28N4O/c1-5-14-11-15(6-2)13-16(12-14)27-21(24)19(20(28)23(27,3)4)22-25-17-9-7-8-10-18(17)26-22/h7-13,20,28H,5-6,24H2,1-4H3,(H,25,26). The first-order chi connectivity index (χ1) is 13.4. The Morgan fingerprint density at radius 3 is 2.36 bits per heavy atom. The summed E-state index contributed by atoms with van der Waals surface area (Å²) in [6.45, 7) is 8.35. The van der Waals surface area contributed by atoms with Crippen LogP contribution in [0.1, 0.15) is 44.6 Å². The number of rotatable bonds is 4. The van der Waals surface area contributed by atoms with Gasteiger partial charge in [-0.15, -0.1) is 0 Å². The van der Waals surface area contributed by atoms with Crippen LogP contribution in [0, 0.1) is 0 Å². The van der Waals surface area contributed by atoms with Gasteiger partial charge in [0, 0.05) is 5.69 Å². The van der Waals surface area contributed by atoms with Gasteiger partial charge in [-0.3, -0.25) is 0 Å². The van der Waals surface area contributed by atoms with E-state index in [0.29, 0.717) is 17.2 Å². The summed E-state index contributed by atoms with van der Waals surface area (Å²) in [4.78, 5) is 10.0. The molecule has 2 aromatic carbocycles. The van der Waals surface area contributed by atoms with Gasteiger partial charge in [0.2, 0.25) is 0 Å². The van der Waals surface area contributed by atoms with Crippen LogP contribution >= 0.6 is 0 Å². The third-order valence-electron chi connectivity index (χ3n) is 5.79. The van der Waals surface area contributed by atoms with Crippen molar-refractivity contribution in [3.05, 3.63) is 65.2 Å². The monoisotopic (exact) mass is 376 g/mol. The highest BCUT2D eigenvalue weighted by molar-refractivity contribution is 5.84. The lowest BCUT2D eigenvalue weighted by molar-refractivity contribution is 0.165. The molecule has 1 aromatic heterocycles. The molecule has 4 N–H and O–H groups in total. The van der Waals surface area contributed by atoms with E-state index in [9.17, 15) is 5.11 Å². The average molecular weight is 377 g/mol. The van der Waals surface area contributed by atoms with Gasteiger partial charge in [-0.25, -0.2) is 4.98 Å². The minimum atomic E-state index is -0.761. The van der Waals surface area contributed by atoms with Crippen molar-refractivity contribution in [3.8, 4) is 0 Å². The number of nitrogens with zero attached hydrogens (tertiary/aromatic N) is 2. The molecule has 0 fully saturated rings. The molecule has 0 aliphatic carbocycles. The van der Waals surface area contributed by atoms with Crippen molar-refractivity contribution in [2.24, 2.45) is 5.73 Å². The van der Waals surface area contributed by atoms with Gasteiger partial charge in [0.1, 0.15) is 17.7 Å². The second-order valence-corrected chi connectivity index (χ2v) is 8.01. The van der Waals surface area contributed by atoms with Gasteiger partial charge in [0.15, 0.2) is 0 Å². The summed E-state index contributed by atoms with van der Waals surface area (Å²) in [6, 6.07) is 14.4. The first kappa shape index (κ1) is 18.6. The summed E-state index contributed by atoms with van der Waals surface area (Å²) in [5.74, 6) is 1.18.